The molecular weight excluding hydrogens is 182 g/mol. The number of Topliss-reactive ketones (excluding diaryl/α,β-unsaturated/α-hetero) is 1. The second-order valence-electron chi connectivity index (χ2n) is 3.05. The van der Waals surface area contributed by atoms with Crippen molar-refractivity contribution in [2.24, 2.45) is 5.73 Å². The van der Waals surface area contributed by atoms with Gasteiger partial charge in [-0.25, -0.2) is 0 Å². The van der Waals surface area contributed by atoms with Crippen molar-refractivity contribution in [1.29, 1.82) is 0 Å². The maximum Gasteiger partial charge on any atom is 0.328 e. The Labute approximate surface area is 81.3 Å². The first kappa shape index (κ1) is 10.4. The molecule has 14 heavy (non-hydrogen) atoms. The Hall–Kier alpha value is -1.68. The van der Waals surface area contributed by atoms with Gasteiger partial charge in [-0.1, -0.05) is 23.8 Å². The molecule has 0 saturated heterocycles. The topological polar surface area (TPSA) is 80.4 Å². The van der Waals surface area contributed by atoms with E-state index in [1.807, 2.05) is 13.0 Å². The van der Waals surface area contributed by atoms with E-state index in [4.69, 9.17) is 10.8 Å². The van der Waals surface area contributed by atoms with Crippen molar-refractivity contribution in [3.63, 3.8) is 0 Å². The van der Waals surface area contributed by atoms with Crippen molar-refractivity contribution in [2.45, 2.75) is 13.0 Å². The molecule has 1 atom stereocenters. The molecule has 3 N–H and O–H groups in total. The number of carbonyl (C=O) groups is 2. The minimum absolute atomic E-state index is 0.333. The van der Waals surface area contributed by atoms with E-state index < -0.39 is 17.8 Å². The summed E-state index contributed by atoms with van der Waals surface area (Å²) in [6.45, 7) is 1.82. The first-order valence-electron chi connectivity index (χ1n) is 4.11. The quantitative estimate of drug-likeness (QED) is 0.543. The zero-order valence-electron chi connectivity index (χ0n) is 7.73. The van der Waals surface area contributed by atoms with Crippen molar-refractivity contribution < 1.29 is 14.7 Å². The zero-order chi connectivity index (χ0) is 10.7. The number of carboxylic acids is 1. The van der Waals surface area contributed by atoms with E-state index in [1.54, 1.807) is 18.2 Å². The highest BCUT2D eigenvalue weighted by Gasteiger charge is 2.22. The molecule has 0 aliphatic rings. The SMILES string of the molecule is Cc1cccc(C(=O)C(N)C(=O)O)c1. The molecule has 0 aromatic heterocycles. The number of aliphatic carboxylic acids is 1. The molecule has 1 rings (SSSR count). The van der Waals surface area contributed by atoms with E-state index in [-0.39, 0.29) is 0 Å². The first-order valence-corrected chi connectivity index (χ1v) is 4.11. The number of hydrogen-bond acceptors (Lipinski definition) is 3. The highest BCUT2D eigenvalue weighted by molar-refractivity contribution is 6.11. The molecule has 0 aliphatic heterocycles. The van der Waals surface area contributed by atoms with Crippen LogP contribution < -0.4 is 5.73 Å². The lowest BCUT2D eigenvalue weighted by molar-refractivity contribution is -0.137. The lowest BCUT2D eigenvalue weighted by Crippen LogP contribution is -2.38. The van der Waals surface area contributed by atoms with E-state index in [0.717, 1.165) is 5.56 Å². The molecule has 74 valence electrons. The van der Waals surface area contributed by atoms with Crippen LogP contribution in [0, 0.1) is 6.92 Å². The number of aryl methyl sites for hydroxylation is 1. The summed E-state index contributed by atoms with van der Waals surface area (Å²) < 4.78 is 0. The fraction of sp³-hybridized carbons (Fsp3) is 0.200. The van der Waals surface area contributed by atoms with Crippen LogP contribution in [-0.4, -0.2) is 22.9 Å². The van der Waals surface area contributed by atoms with Gasteiger partial charge in [0.25, 0.3) is 0 Å². The summed E-state index contributed by atoms with van der Waals surface area (Å²) in [6.07, 6.45) is 0. The van der Waals surface area contributed by atoms with Crippen LogP contribution in [0.1, 0.15) is 15.9 Å². The third-order valence-electron chi connectivity index (χ3n) is 1.85. The fourth-order valence-corrected chi connectivity index (χ4v) is 1.09. The van der Waals surface area contributed by atoms with E-state index in [0.29, 0.717) is 5.56 Å². The molecule has 1 unspecified atom stereocenters. The van der Waals surface area contributed by atoms with Gasteiger partial charge in [-0.05, 0) is 13.0 Å². The van der Waals surface area contributed by atoms with Crippen molar-refractivity contribution in [3.05, 3.63) is 35.4 Å². The van der Waals surface area contributed by atoms with Crippen LogP contribution in [0.15, 0.2) is 24.3 Å². The number of carboxylic acid groups (broad SMARTS) is 1. The molecule has 0 amide bonds. The molecule has 0 fully saturated rings. The monoisotopic (exact) mass is 193 g/mol. The first-order chi connectivity index (χ1) is 6.52. The largest absolute Gasteiger partial charge is 0.480 e. The summed E-state index contributed by atoms with van der Waals surface area (Å²) in [4.78, 5) is 21.9. The number of ketones is 1. The molecular formula is C10H11NO3. The number of carbonyl (C=O) groups excluding carboxylic acids is 1. The normalized spacial score (nSPS) is 12.1. The molecule has 1 aromatic carbocycles. The Kier molecular flexibility index (Phi) is 2.99. The molecule has 0 spiro atoms. The van der Waals surface area contributed by atoms with Crippen molar-refractivity contribution >= 4 is 11.8 Å². The van der Waals surface area contributed by atoms with Crippen LogP contribution in [0.4, 0.5) is 0 Å². The summed E-state index contributed by atoms with van der Waals surface area (Å²) in [5, 5.41) is 8.54. The van der Waals surface area contributed by atoms with Crippen LogP contribution in [0.5, 0.6) is 0 Å². The maximum absolute atomic E-state index is 11.4. The molecule has 1 aromatic rings. The average Bonchev–Trinajstić information content (AvgIpc) is 2.15. The van der Waals surface area contributed by atoms with Crippen molar-refractivity contribution in [1.82, 2.24) is 0 Å². The lowest BCUT2D eigenvalue weighted by atomic mass is 10.0. The number of rotatable bonds is 3. The highest BCUT2D eigenvalue weighted by atomic mass is 16.4. The van der Waals surface area contributed by atoms with Gasteiger partial charge in [-0.3, -0.25) is 9.59 Å². The van der Waals surface area contributed by atoms with Gasteiger partial charge in [-0.15, -0.1) is 0 Å². The standard InChI is InChI=1S/C10H11NO3/c1-6-3-2-4-7(5-6)9(12)8(11)10(13)14/h2-5,8H,11H2,1H3,(H,13,14). The molecule has 0 aliphatic carbocycles. The molecule has 0 heterocycles. The van der Waals surface area contributed by atoms with Crippen LogP contribution in [0.2, 0.25) is 0 Å². The smallest absolute Gasteiger partial charge is 0.328 e. The summed E-state index contributed by atoms with van der Waals surface area (Å²) in [6, 6.07) is 5.21. The molecule has 0 radical (unpaired) electrons. The minimum atomic E-state index is -1.48. The second-order valence-corrected chi connectivity index (χ2v) is 3.05. The zero-order valence-corrected chi connectivity index (χ0v) is 7.73. The van der Waals surface area contributed by atoms with Gasteiger partial charge >= 0.3 is 5.97 Å². The van der Waals surface area contributed by atoms with Gasteiger partial charge in [0.05, 0.1) is 0 Å². The van der Waals surface area contributed by atoms with Gasteiger partial charge in [0, 0.05) is 5.56 Å². The average molecular weight is 193 g/mol. The van der Waals surface area contributed by atoms with Crippen LogP contribution >= 0.6 is 0 Å². The maximum atomic E-state index is 11.4. The summed E-state index contributed by atoms with van der Waals surface area (Å²) in [7, 11) is 0. The third kappa shape index (κ3) is 2.17. The molecule has 0 saturated carbocycles. The van der Waals surface area contributed by atoms with Crippen molar-refractivity contribution in [2.75, 3.05) is 0 Å². The van der Waals surface area contributed by atoms with Crippen LogP contribution in [-0.2, 0) is 4.79 Å². The van der Waals surface area contributed by atoms with Gasteiger partial charge in [0.1, 0.15) is 0 Å². The third-order valence-corrected chi connectivity index (χ3v) is 1.85. The summed E-state index contributed by atoms with van der Waals surface area (Å²) >= 11 is 0. The number of hydrogen-bond donors (Lipinski definition) is 2. The Bertz CT molecular complexity index is 373. The summed E-state index contributed by atoms with van der Waals surface area (Å²) in [5.74, 6) is -1.88. The van der Waals surface area contributed by atoms with Gasteiger partial charge in [0.2, 0.25) is 0 Å². The number of nitrogens with two attached hydrogens (primary N) is 1. The molecule has 4 heteroatoms. The predicted molar refractivity (Wildman–Crippen MR) is 51.1 cm³/mol. The Morgan fingerprint density at radius 3 is 2.57 bits per heavy atom. The van der Waals surface area contributed by atoms with Gasteiger partial charge in [-0.2, -0.15) is 0 Å². The van der Waals surface area contributed by atoms with E-state index in [9.17, 15) is 9.59 Å². The summed E-state index contributed by atoms with van der Waals surface area (Å²) in [5.41, 5.74) is 6.42. The van der Waals surface area contributed by atoms with Crippen molar-refractivity contribution in [3.8, 4) is 0 Å². The van der Waals surface area contributed by atoms with E-state index in [2.05, 4.69) is 0 Å². The van der Waals surface area contributed by atoms with E-state index >= 15 is 0 Å². The fourth-order valence-electron chi connectivity index (χ4n) is 1.09. The molecule has 0 bridgehead atoms. The van der Waals surface area contributed by atoms with Crippen LogP contribution in [0.3, 0.4) is 0 Å². The van der Waals surface area contributed by atoms with Gasteiger partial charge in [0.15, 0.2) is 11.8 Å². The Morgan fingerprint density at radius 1 is 1.43 bits per heavy atom. The van der Waals surface area contributed by atoms with Gasteiger partial charge < -0.3 is 10.8 Å². The Morgan fingerprint density at radius 2 is 2.07 bits per heavy atom. The number of benzene rings is 1. The molecule has 4 nitrogen and oxygen atoms in total. The minimum Gasteiger partial charge on any atom is -0.480 e. The van der Waals surface area contributed by atoms with Crippen LogP contribution in [0.25, 0.3) is 0 Å². The van der Waals surface area contributed by atoms with E-state index in [1.165, 1.54) is 0 Å². The predicted octanol–water partition coefficient (Wildman–Crippen LogP) is 0.590. The highest BCUT2D eigenvalue weighted by Crippen LogP contribution is 2.06. The lowest BCUT2D eigenvalue weighted by Gasteiger charge is -2.05. The Balaban J connectivity index is 2.95. The second kappa shape index (κ2) is 4.02.